The third-order valence-corrected chi connectivity index (χ3v) is 5.06. The standard InChI is InChI=1S/C21H21FN4O2/c1-13-5-3-6-14(2)18(13)23-21(27)26-12-4-7-17(26)20-24-19(25-28-20)15-8-10-16(22)11-9-15/h3,5-6,8-11,17H,4,7,12H2,1-2H3,(H,23,27)/t17-/m0/s1. The van der Waals surface area contributed by atoms with Crippen molar-refractivity contribution >= 4 is 11.7 Å². The second kappa shape index (κ2) is 7.42. The number of para-hydroxylation sites is 1. The van der Waals surface area contributed by atoms with Crippen molar-refractivity contribution in [2.24, 2.45) is 0 Å². The molecule has 0 saturated carbocycles. The molecule has 1 N–H and O–H groups in total. The predicted octanol–water partition coefficient (Wildman–Crippen LogP) is 4.86. The molecular weight excluding hydrogens is 359 g/mol. The Labute approximate surface area is 162 Å². The minimum absolute atomic E-state index is 0.179. The zero-order chi connectivity index (χ0) is 19.7. The predicted molar refractivity (Wildman–Crippen MR) is 103 cm³/mol. The van der Waals surface area contributed by atoms with Gasteiger partial charge in [0.2, 0.25) is 11.7 Å². The molecule has 6 nitrogen and oxygen atoms in total. The number of rotatable bonds is 3. The molecule has 2 heterocycles. The minimum Gasteiger partial charge on any atom is -0.337 e. The summed E-state index contributed by atoms with van der Waals surface area (Å²) in [6, 6.07) is 11.4. The highest BCUT2D eigenvalue weighted by atomic mass is 19.1. The van der Waals surface area contributed by atoms with E-state index < -0.39 is 0 Å². The number of carbonyl (C=O) groups excluding carboxylic acids is 1. The highest BCUT2D eigenvalue weighted by molar-refractivity contribution is 5.91. The van der Waals surface area contributed by atoms with E-state index in [2.05, 4.69) is 15.5 Å². The molecule has 144 valence electrons. The van der Waals surface area contributed by atoms with Gasteiger partial charge < -0.3 is 14.7 Å². The number of aromatic nitrogens is 2. The van der Waals surface area contributed by atoms with Crippen molar-refractivity contribution in [2.75, 3.05) is 11.9 Å². The first-order chi connectivity index (χ1) is 13.5. The van der Waals surface area contributed by atoms with Gasteiger partial charge in [-0.05, 0) is 62.1 Å². The van der Waals surface area contributed by atoms with Crippen LogP contribution < -0.4 is 5.32 Å². The first-order valence-corrected chi connectivity index (χ1v) is 9.26. The van der Waals surface area contributed by atoms with Gasteiger partial charge in [-0.25, -0.2) is 9.18 Å². The molecule has 0 spiro atoms. The molecule has 1 atom stereocenters. The van der Waals surface area contributed by atoms with Gasteiger partial charge in [-0.2, -0.15) is 4.98 Å². The van der Waals surface area contributed by atoms with Gasteiger partial charge >= 0.3 is 6.03 Å². The summed E-state index contributed by atoms with van der Waals surface area (Å²) < 4.78 is 18.5. The number of urea groups is 1. The van der Waals surface area contributed by atoms with Crippen molar-refractivity contribution in [2.45, 2.75) is 32.7 Å². The molecule has 1 aliphatic heterocycles. The number of amides is 2. The van der Waals surface area contributed by atoms with Crippen LogP contribution in [-0.4, -0.2) is 27.6 Å². The summed E-state index contributed by atoms with van der Waals surface area (Å²) in [4.78, 5) is 19.1. The molecule has 0 bridgehead atoms. The van der Waals surface area contributed by atoms with Gasteiger partial charge in [0, 0.05) is 17.8 Å². The fraction of sp³-hybridized carbons (Fsp3) is 0.286. The van der Waals surface area contributed by atoms with Crippen LogP contribution in [0.4, 0.5) is 14.9 Å². The lowest BCUT2D eigenvalue weighted by Crippen LogP contribution is -2.35. The number of halogens is 1. The Morgan fingerprint density at radius 2 is 1.89 bits per heavy atom. The summed E-state index contributed by atoms with van der Waals surface area (Å²) >= 11 is 0. The van der Waals surface area contributed by atoms with E-state index in [9.17, 15) is 9.18 Å². The van der Waals surface area contributed by atoms with Crippen LogP contribution in [0.2, 0.25) is 0 Å². The average molecular weight is 380 g/mol. The summed E-state index contributed by atoms with van der Waals surface area (Å²) in [6.07, 6.45) is 1.62. The van der Waals surface area contributed by atoms with Gasteiger partial charge in [0.25, 0.3) is 0 Å². The molecule has 0 unspecified atom stereocenters. The number of hydrogen-bond acceptors (Lipinski definition) is 4. The van der Waals surface area contributed by atoms with E-state index in [0.717, 1.165) is 29.7 Å². The molecule has 7 heteroatoms. The molecule has 1 saturated heterocycles. The molecule has 0 radical (unpaired) electrons. The normalized spacial score (nSPS) is 16.4. The second-order valence-electron chi connectivity index (χ2n) is 7.01. The average Bonchev–Trinajstić information content (AvgIpc) is 3.34. The van der Waals surface area contributed by atoms with Crippen molar-refractivity contribution in [3.8, 4) is 11.4 Å². The molecule has 1 fully saturated rings. The van der Waals surface area contributed by atoms with Crippen LogP contribution in [0, 0.1) is 19.7 Å². The smallest absolute Gasteiger partial charge is 0.322 e. The lowest BCUT2D eigenvalue weighted by Gasteiger charge is -2.23. The highest BCUT2D eigenvalue weighted by Crippen LogP contribution is 2.33. The Bertz CT molecular complexity index is 980. The van der Waals surface area contributed by atoms with Gasteiger partial charge in [-0.1, -0.05) is 23.4 Å². The minimum atomic E-state index is -0.322. The number of nitrogens with zero attached hydrogens (tertiary/aromatic N) is 3. The number of hydrogen-bond donors (Lipinski definition) is 1. The maximum Gasteiger partial charge on any atom is 0.322 e. The van der Waals surface area contributed by atoms with Crippen LogP contribution in [0.1, 0.15) is 35.9 Å². The lowest BCUT2D eigenvalue weighted by atomic mass is 10.1. The highest BCUT2D eigenvalue weighted by Gasteiger charge is 2.34. The molecule has 4 rings (SSSR count). The van der Waals surface area contributed by atoms with Crippen molar-refractivity contribution < 1.29 is 13.7 Å². The largest absolute Gasteiger partial charge is 0.337 e. The molecule has 28 heavy (non-hydrogen) atoms. The van der Waals surface area contributed by atoms with Gasteiger partial charge in [0.15, 0.2) is 0 Å². The van der Waals surface area contributed by atoms with E-state index in [4.69, 9.17) is 4.52 Å². The van der Waals surface area contributed by atoms with Crippen LogP contribution in [-0.2, 0) is 0 Å². The van der Waals surface area contributed by atoms with Crippen LogP contribution in [0.25, 0.3) is 11.4 Å². The summed E-state index contributed by atoms with van der Waals surface area (Å²) in [5.41, 5.74) is 3.53. The Morgan fingerprint density at radius 1 is 1.18 bits per heavy atom. The third-order valence-electron chi connectivity index (χ3n) is 5.06. The molecule has 3 aromatic rings. The summed E-state index contributed by atoms with van der Waals surface area (Å²) in [5.74, 6) is 0.461. The van der Waals surface area contributed by atoms with Crippen molar-refractivity contribution in [1.82, 2.24) is 15.0 Å². The number of carbonyl (C=O) groups is 1. The van der Waals surface area contributed by atoms with E-state index in [1.807, 2.05) is 32.0 Å². The molecular formula is C21H21FN4O2. The quantitative estimate of drug-likeness (QED) is 0.704. The van der Waals surface area contributed by atoms with Gasteiger partial charge in [-0.15, -0.1) is 0 Å². The number of benzene rings is 2. The van der Waals surface area contributed by atoms with E-state index in [-0.39, 0.29) is 17.9 Å². The zero-order valence-corrected chi connectivity index (χ0v) is 15.8. The summed E-state index contributed by atoms with van der Waals surface area (Å²) in [7, 11) is 0. The summed E-state index contributed by atoms with van der Waals surface area (Å²) in [5, 5.41) is 7.02. The third kappa shape index (κ3) is 3.47. The van der Waals surface area contributed by atoms with Crippen molar-refractivity contribution in [1.29, 1.82) is 0 Å². The molecule has 1 aliphatic rings. The fourth-order valence-corrected chi connectivity index (χ4v) is 3.54. The number of aryl methyl sites for hydroxylation is 2. The van der Waals surface area contributed by atoms with E-state index in [1.165, 1.54) is 12.1 Å². The first-order valence-electron chi connectivity index (χ1n) is 9.26. The van der Waals surface area contributed by atoms with Crippen LogP contribution in [0.3, 0.4) is 0 Å². The van der Waals surface area contributed by atoms with E-state index >= 15 is 0 Å². The Morgan fingerprint density at radius 3 is 2.61 bits per heavy atom. The number of anilines is 1. The van der Waals surface area contributed by atoms with Gasteiger partial charge in [0.05, 0.1) is 0 Å². The number of likely N-dealkylation sites (tertiary alicyclic amines) is 1. The topological polar surface area (TPSA) is 71.3 Å². The second-order valence-corrected chi connectivity index (χ2v) is 7.01. The SMILES string of the molecule is Cc1cccc(C)c1NC(=O)N1CCC[C@H]1c1nc(-c2ccc(F)cc2)no1. The first kappa shape index (κ1) is 18.2. The maximum atomic E-state index is 13.1. The van der Waals surface area contributed by atoms with Crippen molar-refractivity contribution in [3.63, 3.8) is 0 Å². The Balaban J connectivity index is 1.54. The number of nitrogens with one attached hydrogen (secondary N) is 1. The molecule has 0 aliphatic carbocycles. The van der Waals surface area contributed by atoms with Gasteiger partial charge in [0.1, 0.15) is 11.9 Å². The van der Waals surface area contributed by atoms with Crippen LogP contribution in [0.5, 0.6) is 0 Å². The van der Waals surface area contributed by atoms with Gasteiger partial charge in [-0.3, -0.25) is 0 Å². The molecule has 2 aromatic carbocycles. The van der Waals surface area contributed by atoms with E-state index in [0.29, 0.717) is 23.8 Å². The fourth-order valence-electron chi connectivity index (χ4n) is 3.54. The Hall–Kier alpha value is -3.22. The molecule has 1 aromatic heterocycles. The Kier molecular flexibility index (Phi) is 4.81. The zero-order valence-electron chi connectivity index (χ0n) is 15.8. The molecule has 2 amide bonds. The van der Waals surface area contributed by atoms with Crippen molar-refractivity contribution in [3.05, 3.63) is 65.3 Å². The van der Waals surface area contributed by atoms with Crippen LogP contribution >= 0.6 is 0 Å². The van der Waals surface area contributed by atoms with E-state index in [1.54, 1.807) is 17.0 Å². The monoisotopic (exact) mass is 380 g/mol. The lowest BCUT2D eigenvalue weighted by molar-refractivity contribution is 0.193. The summed E-state index contributed by atoms with van der Waals surface area (Å²) in [6.45, 7) is 4.56. The van der Waals surface area contributed by atoms with Crippen LogP contribution in [0.15, 0.2) is 47.0 Å². The maximum absolute atomic E-state index is 13.1.